The number of methoxy groups -OCH3 is 1. The summed E-state index contributed by atoms with van der Waals surface area (Å²) >= 11 is 1.81. The Morgan fingerprint density at radius 3 is 2.94 bits per heavy atom. The monoisotopic (exact) mass is 269 g/mol. The standard InChI is InChI=1S/C13H16FNO2S/c1-17-13(6-7-18-9-13)8-15-12(16)10-4-2-3-5-11(10)14/h2-5H,6-9H2,1H3,(H,15,16). The molecule has 1 saturated heterocycles. The fourth-order valence-electron chi connectivity index (χ4n) is 1.94. The molecule has 1 heterocycles. The molecule has 1 unspecified atom stereocenters. The third-order valence-corrected chi connectivity index (χ3v) is 4.41. The van der Waals surface area contributed by atoms with Crippen LogP contribution in [0.5, 0.6) is 0 Å². The van der Waals surface area contributed by atoms with Gasteiger partial charge in [-0.15, -0.1) is 0 Å². The van der Waals surface area contributed by atoms with Crippen LogP contribution in [0.1, 0.15) is 16.8 Å². The van der Waals surface area contributed by atoms with Gasteiger partial charge in [0.15, 0.2) is 0 Å². The number of halogens is 1. The first-order valence-electron chi connectivity index (χ1n) is 5.82. The number of hydrogen-bond acceptors (Lipinski definition) is 3. The molecule has 1 atom stereocenters. The van der Waals surface area contributed by atoms with Crippen LogP contribution in [0.25, 0.3) is 0 Å². The van der Waals surface area contributed by atoms with Crippen LogP contribution in [0.4, 0.5) is 4.39 Å². The Bertz CT molecular complexity index is 433. The third-order valence-electron chi connectivity index (χ3n) is 3.19. The van der Waals surface area contributed by atoms with Crippen molar-refractivity contribution in [3.05, 3.63) is 35.6 Å². The minimum Gasteiger partial charge on any atom is -0.376 e. The summed E-state index contributed by atoms with van der Waals surface area (Å²) in [5.41, 5.74) is -0.222. The normalized spacial score (nSPS) is 23.0. The fraction of sp³-hybridized carbons (Fsp3) is 0.462. The van der Waals surface area contributed by atoms with E-state index in [0.717, 1.165) is 17.9 Å². The molecular weight excluding hydrogens is 253 g/mol. The van der Waals surface area contributed by atoms with Gasteiger partial charge in [-0.25, -0.2) is 4.39 Å². The first-order valence-corrected chi connectivity index (χ1v) is 6.98. The second-order valence-corrected chi connectivity index (χ2v) is 5.46. The molecule has 1 aliphatic heterocycles. The molecule has 0 spiro atoms. The van der Waals surface area contributed by atoms with Gasteiger partial charge in [0.25, 0.3) is 5.91 Å². The van der Waals surface area contributed by atoms with E-state index in [-0.39, 0.29) is 17.1 Å². The zero-order chi connectivity index (χ0) is 13.0. The highest BCUT2D eigenvalue weighted by atomic mass is 32.2. The van der Waals surface area contributed by atoms with Crippen molar-refractivity contribution in [2.24, 2.45) is 0 Å². The Morgan fingerprint density at radius 1 is 1.56 bits per heavy atom. The lowest BCUT2D eigenvalue weighted by Crippen LogP contribution is -2.44. The molecule has 0 saturated carbocycles. The number of nitrogens with one attached hydrogen (secondary N) is 1. The molecule has 0 bridgehead atoms. The first kappa shape index (κ1) is 13.4. The predicted molar refractivity (Wildman–Crippen MR) is 70.4 cm³/mol. The average Bonchev–Trinajstić information content (AvgIpc) is 2.86. The van der Waals surface area contributed by atoms with Crippen LogP contribution < -0.4 is 5.32 Å². The van der Waals surface area contributed by atoms with Gasteiger partial charge in [0.2, 0.25) is 0 Å². The van der Waals surface area contributed by atoms with Gasteiger partial charge in [0, 0.05) is 19.4 Å². The first-order chi connectivity index (χ1) is 8.67. The predicted octanol–water partition coefficient (Wildman–Crippen LogP) is 2.08. The zero-order valence-electron chi connectivity index (χ0n) is 10.2. The number of ether oxygens (including phenoxy) is 1. The van der Waals surface area contributed by atoms with Crippen molar-refractivity contribution in [3.8, 4) is 0 Å². The van der Waals surface area contributed by atoms with Crippen LogP contribution in [0.2, 0.25) is 0 Å². The van der Waals surface area contributed by atoms with Gasteiger partial charge in [-0.05, 0) is 24.3 Å². The van der Waals surface area contributed by atoms with E-state index in [1.807, 2.05) is 0 Å². The Hall–Kier alpha value is -1.07. The molecule has 5 heteroatoms. The van der Waals surface area contributed by atoms with Crippen LogP contribution >= 0.6 is 11.8 Å². The lowest BCUT2D eigenvalue weighted by molar-refractivity contribution is 0.0136. The lowest BCUT2D eigenvalue weighted by Gasteiger charge is -2.26. The lowest BCUT2D eigenvalue weighted by atomic mass is 10.0. The van der Waals surface area contributed by atoms with Crippen LogP contribution in [0.15, 0.2) is 24.3 Å². The van der Waals surface area contributed by atoms with E-state index >= 15 is 0 Å². The second-order valence-electron chi connectivity index (χ2n) is 4.35. The minimum absolute atomic E-state index is 0.0782. The van der Waals surface area contributed by atoms with Crippen LogP contribution in [0, 0.1) is 5.82 Å². The van der Waals surface area contributed by atoms with E-state index in [4.69, 9.17) is 4.74 Å². The van der Waals surface area contributed by atoms with Crippen molar-refractivity contribution in [1.29, 1.82) is 0 Å². The van der Waals surface area contributed by atoms with Gasteiger partial charge in [-0.1, -0.05) is 12.1 Å². The average molecular weight is 269 g/mol. The number of thioether (sulfide) groups is 1. The summed E-state index contributed by atoms with van der Waals surface area (Å²) in [6, 6.07) is 5.98. The summed E-state index contributed by atoms with van der Waals surface area (Å²) in [6.07, 6.45) is 0.908. The van der Waals surface area contributed by atoms with E-state index < -0.39 is 5.82 Å². The van der Waals surface area contributed by atoms with Gasteiger partial charge in [-0.2, -0.15) is 11.8 Å². The van der Waals surface area contributed by atoms with Crippen LogP contribution in [-0.2, 0) is 4.74 Å². The Labute approximate surface area is 110 Å². The van der Waals surface area contributed by atoms with Crippen molar-refractivity contribution in [1.82, 2.24) is 5.32 Å². The SMILES string of the molecule is COC1(CNC(=O)c2ccccc2F)CCSC1. The molecule has 98 valence electrons. The fourth-order valence-corrected chi connectivity index (χ4v) is 3.34. The number of amides is 1. The molecule has 2 rings (SSSR count). The van der Waals surface area contributed by atoms with Crippen molar-refractivity contribution in [2.75, 3.05) is 25.2 Å². The van der Waals surface area contributed by atoms with Gasteiger partial charge in [-0.3, -0.25) is 4.79 Å². The molecule has 1 fully saturated rings. The Morgan fingerprint density at radius 2 is 2.33 bits per heavy atom. The highest BCUT2D eigenvalue weighted by Gasteiger charge is 2.34. The largest absolute Gasteiger partial charge is 0.376 e. The molecule has 1 aliphatic rings. The molecule has 0 aromatic heterocycles. The number of benzene rings is 1. The van der Waals surface area contributed by atoms with E-state index in [9.17, 15) is 9.18 Å². The molecule has 0 radical (unpaired) electrons. The van der Waals surface area contributed by atoms with Crippen molar-refractivity contribution in [2.45, 2.75) is 12.0 Å². The van der Waals surface area contributed by atoms with Crippen molar-refractivity contribution >= 4 is 17.7 Å². The molecule has 1 aromatic rings. The molecule has 18 heavy (non-hydrogen) atoms. The van der Waals surface area contributed by atoms with Gasteiger partial charge in [0.05, 0.1) is 11.2 Å². The topological polar surface area (TPSA) is 38.3 Å². The number of carbonyl (C=O) groups excluding carboxylic acids is 1. The van der Waals surface area contributed by atoms with Crippen LogP contribution in [-0.4, -0.2) is 36.7 Å². The smallest absolute Gasteiger partial charge is 0.254 e. The maximum atomic E-state index is 13.4. The van der Waals surface area contributed by atoms with E-state index in [0.29, 0.717) is 6.54 Å². The zero-order valence-corrected chi connectivity index (χ0v) is 11.1. The maximum Gasteiger partial charge on any atom is 0.254 e. The van der Waals surface area contributed by atoms with E-state index in [1.54, 1.807) is 31.0 Å². The third kappa shape index (κ3) is 2.84. The number of carbonyl (C=O) groups is 1. The maximum absolute atomic E-state index is 13.4. The summed E-state index contributed by atoms with van der Waals surface area (Å²) in [4.78, 5) is 11.9. The minimum atomic E-state index is -0.498. The van der Waals surface area contributed by atoms with Gasteiger partial charge < -0.3 is 10.1 Å². The van der Waals surface area contributed by atoms with Crippen molar-refractivity contribution in [3.63, 3.8) is 0 Å². The van der Waals surface area contributed by atoms with Gasteiger partial charge in [0.1, 0.15) is 5.82 Å². The summed E-state index contributed by atoms with van der Waals surface area (Å²) < 4.78 is 18.9. The summed E-state index contributed by atoms with van der Waals surface area (Å²) in [6.45, 7) is 0.420. The molecule has 1 N–H and O–H groups in total. The summed E-state index contributed by atoms with van der Waals surface area (Å²) in [7, 11) is 1.65. The number of rotatable bonds is 4. The highest BCUT2D eigenvalue weighted by Crippen LogP contribution is 2.30. The molecule has 1 aromatic carbocycles. The highest BCUT2D eigenvalue weighted by molar-refractivity contribution is 7.99. The van der Waals surface area contributed by atoms with E-state index in [1.165, 1.54) is 12.1 Å². The van der Waals surface area contributed by atoms with E-state index in [2.05, 4.69) is 5.32 Å². The quantitative estimate of drug-likeness (QED) is 0.909. The summed E-state index contributed by atoms with van der Waals surface area (Å²) in [5, 5.41) is 2.76. The molecule has 3 nitrogen and oxygen atoms in total. The van der Waals surface area contributed by atoms with Crippen molar-refractivity contribution < 1.29 is 13.9 Å². The second kappa shape index (κ2) is 5.71. The molecule has 0 aliphatic carbocycles. The molecular formula is C13H16FNO2S. The summed E-state index contributed by atoms with van der Waals surface area (Å²) in [5.74, 6) is 1.01. The number of hydrogen-bond donors (Lipinski definition) is 1. The molecule has 1 amide bonds. The van der Waals surface area contributed by atoms with Gasteiger partial charge >= 0.3 is 0 Å². The Kier molecular flexibility index (Phi) is 4.24. The van der Waals surface area contributed by atoms with Crippen LogP contribution in [0.3, 0.4) is 0 Å². The Balaban J connectivity index is 1.98.